The third kappa shape index (κ3) is 6.94. The first kappa shape index (κ1) is 27.4. The summed E-state index contributed by atoms with van der Waals surface area (Å²) < 4.78 is 53.9. The molecule has 0 spiro atoms. The molecule has 37 heavy (non-hydrogen) atoms. The van der Waals surface area contributed by atoms with E-state index in [-0.39, 0.29) is 17.9 Å². The number of fused-ring (bicyclic) bond motifs is 1. The number of hydrogen-bond donors (Lipinski definition) is 0. The Morgan fingerprint density at radius 1 is 1.05 bits per heavy atom. The predicted molar refractivity (Wildman–Crippen MR) is 136 cm³/mol. The summed E-state index contributed by atoms with van der Waals surface area (Å²) in [6, 6.07) is 15.0. The number of methoxy groups -OCH3 is 1. The van der Waals surface area contributed by atoms with Crippen molar-refractivity contribution in [2.75, 3.05) is 18.6 Å². The maximum atomic E-state index is 13.3. The first-order valence-electron chi connectivity index (χ1n) is 11.3. The molecular formula is C28H27F3N2O4. The van der Waals surface area contributed by atoms with Gasteiger partial charge in [-0.25, -0.2) is 4.79 Å². The van der Waals surface area contributed by atoms with Crippen LogP contribution in [0, 0.1) is 18.3 Å². The Bertz CT molecular complexity index is 1390. The number of carbonyl (C=O) groups excluding carboxylic acids is 1. The minimum atomic E-state index is -4.83. The topological polar surface area (TPSA) is 71.8 Å². The highest BCUT2D eigenvalue weighted by Gasteiger charge is 2.31. The molecule has 6 nitrogen and oxygen atoms in total. The highest BCUT2D eigenvalue weighted by molar-refractivity contribution is 6.06. The van der Waals surface area contributed by atoms with Gasteiger partial charge < -0.3 is 14.2 Å². The van der Waals surface area contributed by atoms with E-state index in [1.165, 1.54) is 24.1 Å². The molecule has 0 heterocycles. The number of nitrogens with zero attached hydrogens (tertiary/aromatic N) is 2. The number of rotatable bonds is 6. The lowest BCUT2D eigenvalue weighted by atomic mass is 9.98. The number of nitriles is 1. The molecule has 0 N–H and O–H groups in total. The molecule has 0 aliphatic carbocycles. The van der Waals surface area contributed by atoms with Gasteiger partial charge in [0, 0.05) is 11.0 Å². The summed E-state index contributed by atoms with van der Waals surface area (Å²) in [4.78, 5) is 14.5. The molecule has 0 fully saturated rings. The first-order chi connectivity index (χ1) is 17.2. The first-order valence-corrected chi connectivity index (χ1v) is 11.3. The highest BCUT2D eigenvalue weighted by Crippen LogP contribution is 2.40. The van der Waals surface area contributed by atoms with Crippen LogP contribution in [-0.2, 0) is 4.74 Å². The second-order valence-corrected chi connectivity index (χ2v) is 9.42. The van der Waals surface area contributed by atoms with Gasteiger partial charge in [0.05, 0.1) is 25.4 Å². The maximum Gasteiger partial charge on any atom is 0.573 e. The molecule has 0 saturated heterocycles. The van der Waals surface area contributed by atoms with Crippen LogP contribution in [-0.4, -0.2) is 31.7 Å². The van der Waals surface area contributed by atoms with Crippen LogP contribution in [0.15, 0.2) is 60.7 Å². The average Bonchev–Trinajstić information content (AvgIpc) is 2.78. The Kier molecular flexibility index (Phi) is 7.72. The molecule has 9 heteroatoms. The molecule has 3 rings (SSSR count). The van der Waals surface area contributed by atoms with Crippen LogP contribution in [0.5, 0.6) is 11.5 Å². The summed E-state index contributed by atoms with van der Waals surface area (Å²) in [5.74, 6) is 0.000693. The van der Waals surface area contributed by atoms with E-state index in [1.807, 2.05) is 6.07 Å². The van der Waals surface area contributed by atoms with Crippen LogP contribution in [0.3, 0.4) is 0 Å². The molecule has 0 bridgehead atoms. The molecule has 0 aliphatic rings. The largest absolute Gasteiger partial charge is 0.573 e. The monoisotopic (exact) mass is 512 g/mol. The second kappa shape index (κ2) is 10.4. The standard InChI is InChI=1S/C28H27F3N2O4/c1-17-11-21(13-22(12-17)36-28(29,30)31)20-8-7-19-9-10-24(35-6)25(23(19)14-20)33(16-18(2)15-32)26(34)37-27(3,4)5/h7-14H,2,16H2,1,3-6H3. The van der Waals surface area contributed by atoms with Crippen LogP contribution in [0.1, 0.15) is 26.3 Å². The molecule has 194 valence electrons. The number of hydrogen-bond acceptors (Lipinski definition) is 5. The molecule has 0 radical (unpaired) electrons. The van der Waals surface area contributed by atoms with E-state index in [0.717, 1.165) is 5.39 Å². The number of carbonyl (C=O) groups is 1. The van der Waals surface area contributed by atoms with Crippen molar-refractivity contribution < 1.29 is 32.2 Å². The third-order valence-corrected chi connectivity index (χ3v) is 5.18. The van der Waals surface area contributed by atoms with Crippen molar-refractivity contribution in [2.24, 2.45) is 0 Å². The average molecular weight is 513 g/mol. The fraction of sp³-hybridized carbons (Fsp3) is 0.286. The molecule has 3 aromatic carbocycles. The van der Waals surface area contributed by atoms with Gasteiger partial charge in [-0.15, -0.1) is 13.2 Å². The van der Waals surface area contributed by atoms with Crippen molar-refractivity contribution in [3.63, 3.8) is 0 Å². The second-order valence-electron chi connectivity index (χ2n) is 9.42. The molecule has 1 amide bonds. The van der Waals surface area contributed by atoms with Gasteiger partial charge in [0.25, 0.3) is 0 Å². The van der Waals surface area contributed by atoms with Crippen molar-refractivity contribution in [3.05, 3.63) is 66.2 Å². The van der Waals surface area contributed by atoms with Crippen molar-refractivity contribution in [3.8, 4) is 28.7 Å². The molecule has 0 aromatic heterocycles. The highest BCUT2D eigenvalue weighted by atomic mass is 19.4. The van der Waals surface area contributed by atoms with Gasteiger partial charge >= 0.3 is 12.5 Å². The van der Waals surface area contributed by atoms with E-state index < -0.39 is 18.1 Å². The minimum Gasteiger partial charge on any atom is -0.495 e. The normalized spacial score (nSPS) is 11.5. The van der Waals surface area contributed by atoms with E-state index in [0.29, 0.717) is 33.5 Å². The number of ether oxygens (including phenoxy) is 3. The zero-order chi connectivity index (χ0) is 27.5. The molecule has 0 aliphatic heterocycles. The van der Waals surface area contributed by atoms with E-state index in [1.54, 1.807) is 64.1 Å². The quantitative estimate of drug-likeness (QED) is 0.319. The van der Waals surface area contributed by atoms with Crippen LogP contribution in [0.2, 0.25) is 0 Å². The van der Waals surface area contributed by atoms with E-state index in [2.05, 4.69) is 11.3 Å². The van der Waals surface area contributed by atoms with Gasteiger partial charge in [-0.05, 0) is 74.0 Å². The van der Waals surface area contributed by atoms with Gasteiger partial charge in [-0.1, -0.05) is 30.8 Å². The number of anilines is 1. The smallest absolute Gasteiger partial charge is 0.495 e. The lowest BCUT2D eigenvalue weighted by molar-refractivity contribution is -0.274. The lowest BCUT2D eigenvalue weighted by Gasteiger charge is -2.29. The third-order valence-electron chi connectivity index (χ3n) is 5.18. The summed E-state index contributed by atoms with van der Waals surface area (Å²) in [7, 11) is 1.45. The summed E-state index contributed by atoms with van der Waals surface area (Å²) in [6.45, 7) is 10.4. The van der Waals surface area contributed by atoms with Crippen LogP contribution < -0.4 is 14.4 Å². The van der Waals surface area contributed by atoms with Crippen LogP contribution in [0.25, 0.3) is 21.9 Å². The van der Waals surface area contributed by atoms with Crippen molar-refractivity contribution >= 4 is 22.6 Å². The lowest BCUT2D eigenvalue weighted by Crippen LogP contribution is -2.38. The Morgan fingerprint density at radius 2 is 1.73 bits per heavy atom. The maximum absolute atomic E-state index is 13.3. The predicted octanol–water partition coefficient (Wildman–Crippen LogP) is 7.54. The Hall–Kier alpha value is -4.19. The molecule has 0 unspecified atom stereocenters. The van der Waals surface area contributed by atoms with Crippen molar-refractivity contribution in [1.29, 1.82) is 5.26 Å². The van der Waals surface area contributed by atoms with Crippen LogP contribution in [0.4, 0.5) is 23.7 Å². The van der Waals surface area contributed by atoms with Crippen LogP contribution >= 0.6 is 0 Å². The van der Waals surface area contributed by atoms with Crippen molar-refractivity contribution in [2.45, 2.75) is 39.7 Å². The summed E-state index contributed by atoms with van der Waals surface area (Å²) >= 11 is 0. The number of amides is 1. The van der Waals surface area contributed by atoms with Crippen molar-refractivity contribution in [1.82, 2.24) is 0 Å². The fourth-order valence-electron chi connectivity index (χ4n) is 3.79. The SMILES string of the molecule is C=C(C#N)CN(C(=O)OC(C)(C)C)c1c(OC)ccc2ccc(-c3cc(C)cc(OC(F)(F)F)c3)cc12. The zero-order valence-electron chi connectivity index (χ0n) is 21.2. The Morgan fingerprint density at radius 3 is 2.32 bits per heavy atom. The molecule has 3 aromatic rings. The van der Waals surface area contributed by atoms with Gasteiger partial charge in [0.1, 0.15) is 17.1 Å². The van der Waals surface area contributed by atoms with Gasteiger partial charge in [0.2, 0.25) is 0 Å². The van der Waals surface area contributed by atoms with E-state index in [4.69, 9.17) is 9.47 Å². The number of benzene rings is 3. The van der Waals surface area contributed by atoms with Gasteiger partial charge in [-0.3, -0.25) is 4.90 Å². The number of aryl methyl sites for hydroxylation is 1. The summed E-state index contributed by atoms with van der Waals surface area (Å²) in [6.07, 6.45) is -5.54. The van der Waals surface area contributed by atoms with E-state index in [9.17, 15) is 23.2 Å². The van der Waals surface area contributed by atoms with E-state index >= 15 is 0 Å². The van der Waals surface area contributed by atoms with Gasteiger partial charge in [-0.2, -0.15) is 5.26 Å². The summed E-state index contributed by atoms with van der Waals surface area (Å²) in [5.41, 5.74) is 1.29. The zero-order valence-corrected chi connectivity index (χ0v) is 21.2. The number of alkyl halides is 3. The fourth-order valence-corrected chi connectivity index (χ4v) is 3.79. The molecule has 0 saturated carbocycles. The minimum absolute atomic E-state index is 0.119. The Balaban J connectivity index is 2.24. The molecule has 0 atom stereocenters. The Labute approximate surface area is 213 Å². The number of halogens is 3. The summed E-state index contributed by atoms with van der Waals surface area (Å²) in [5, 5.41) is 10.7. The molecular weight excluding hydrogens is 485 g/mol. The van der Waals surface area contributed by atoms with Gasteiger partial charge in [0.15, 0.2) is 0 Å².